The van der Waals surface area contributed by atoms with E-state index in [-0.39, 0.29) is 16.0 Å². The Kier molecular flexibility index (Phi) is 5.01. The van der Waals surface area contributed by atoms with Crippen molar-refractivity contribution in [3.8, 4) is 0 Å². The van der Waals surface area contributed by atoms with Gasteiger partial charge in [-0.1, -0.05) is 34.5 Å². The van der Waals surface area contributed by atoms with Crippen LogP contribution in [0.15, 0.2) is 27.6 Å². The van der Waals surface area contributed by atoms with E-state index in [9.17, 15) is 8.42 Å². The lowest BCUT2D eigenvalue weighted by Gasteiger charge is -2.24. The predicted molar refractivity (Wildman–Crippen MR) is 73.9 cm³/mol. The van der Waals surface area contributed by atoms with Gasteiger partial charge >= 0.3 is 0 Å². The second-order valence-electron chi connectivity index (χ2n) is 3.88. The summed E-state index contributed by atoms with van der Waals surface area (Å²) in [7, 11) is -3.52. The number of hydrogen-bond acceptors (Lipinski definition) is 2. The van der Waals surface area contributed by atoms with Gasteiger partial charge in [0.2, 0.25) is 10.0 Å². The summed E-state index contributed by atoms with van der Waals surface area (Å²) in [5.41, 5.74) is 0. The summed E-state index contributed by atoms with van der Waals surface area (Å²) in [5, 5.41) is 0.235. The standard InChI is InChI=1S/C11H15BrClNO2S/c1-4-14(8(2)3)17(15,16)11-6-5-9(12)7-10(11)13/h5-8H,4H2,1-3H3. The fourth-order valence-corrected chi connectivity index (χ4v) is 4.28. The lowest BCUT2D eigenvalue weighted by Crippen LogP contribution is -2.36. The van der Waals surface area contributed by atoms with Crippen LogP contribution >= 0.6 is 27.5 Å². The van der Waals surface area contributed by atoms with Crippen molar-refractivity contribution < 1.29 is 8.42 Å². The quantitative estimate of drug-likeness (QED) is 0.841. The molecule has 6 heteroatoms. The second-order valence-corrected chi connectivity index (χ2v) is 7.06. The van der Waals surface area contributed by atoms with Crippen LogP contribution in [0.25, 0.3) is 0 Å². The van der Waals surface area contributed by atoms with Gasteiger partial charge < -0.3 is 0 Å². The summed E-state index contributed by atoms with van der Waals surface area (Å²) in [6, 6.07) is 4.69. The maximum Gasteiger partial charge on any atom is 0.244 e. The molecule has 0 fully saturated rings. The molecular formula is C11H15BrClNO2S. The minimum atomic E-state index is -3.52. The Hall–Kier alpha value is -0.100. The molecular weight excluding hydrogens is 326 g/mol. The summed E-state index contributed by atoms with van der Waals surface area (Å²) in [6.45, 7) is 5.92. The van der Waals surface area contributed by atoms with Crippen LogP contribution in [0.2, 0.25) is 5.02 Å². The Bertz CT molecular complexity index is 502. The lowest BCUT2D eigenvalue weighted by molar-refractivity contribution is 0.369. The number of rotatable bonds is 4. The zero-order valence-corrected chi connectivity index (χ0v) is 13.1. The molecule has 1 aromatic carbocycles. The first-order chi connectivity index (χ1) is 7.80. The molecule has 1 rings (SSSR count). The minimum absolute atomic E-state index is 0.0929. The minimum Gasteiger partial charge on any atom is -0.207 e. The maximum absolute atomic E-state index is 12.4. The molecule has 0 radical (unpaired) electrons. The van der Waals surface area contributed by atoms with Crippen molar-refractivity contribution in [2.24, 2.45) is 0 Å². The van der Waals surface area contributed by atoms with Gasteiger partial charge in [0.15, 0.2) is 0 Å². The number of hydrogen-bond donors (Lipinski definition) is 0. The Morgan fingerprint density at radius 3 is 2.41 bits per heavy atom. The molecule has 0 saturated carbocycles. The Labute approximate surface area is 116 Å². The normalized spacial score (nSPS) is 12.4. The SMILES string of the molecule is CCN(C(C)C)S(=O)(=O)c1ccc(Br)cc1Cl. The first-order valence-electron chi connectivity index (χ1n) is 5.27. The summed E-state index contributed by atoms with van der Waals surface area (Å²) in [5.74, 6) is 0. The summed E-state index contributed by atoms with van der Waals surface area (Å²) in [4.78, 5) is 0.151. The van der Waals surface area contributed by atoms with Crippen molar-refractivity contribution in [3.05, 3.63) is 27.7 Å². The molecule has 0 amide bonds. The maximum atomic E-state index is 12.4. The van der Waals surface area contributed by atoms with E-state index in [1.54, 1.807) is 12.1 Å². The van der Waals surface area contributed by atoms with Gasteiger partial charge in [0.05, 0.1) is 5.02 Å². The van der Waals surface area contributed by atoms with Crippen LogP contribution in [-0.2, 0) is 10.0 Å². The second kappa shape index (κ2) is 5.69. The Morgan fingerprint density at radius 2 is 2.00 bits per heavy atom. The molecule has 0 aliphatic heterocycles. The van der Waals surface area contributed by atoms with Gasteiger partial charge in [-0.25, -0.2) is 8.42 Å². The van der Waals surface area contributed by atoms with Crippen LogP contribution in [0.5, 0.6) is 0 Å². The predicted octanol–water partition coefficient (Wildman–Crippen LogP) is 3.52. The lowest BCUT2D eigenvalue weighted by atomic mass is 10.4. The molecule has 0 saturated heterocycles. The highest BCUT2D eigenvalue weighted by molar-refractivity contribution is 9.10. The largest absolute Gasteiger partial charge is 0.244 e. The first-order valence-corrected chi connectivity index (χ1v) is 7.88. The summed E-state index contributed by atoms with van der Waals surface area (Å²) in [6.07, 6.45) is 0. The van der Waals surface area contributed by atoms with Crippen LogP contribution in [0, 0.1) is 0 Å². The van der Waals surface area contributed by atoms with Gasteiger partial charge in [-0.3, -0.25) is 0 Å². The molecule has 0 bridgehead atoms. The van der Waals surface area contributed by atoms with Gasteiger partial charge in [0, 0.05) is 17.1 Å². The van der Waals surface area contributed by atoms with E-state index in [1.165, 1.54) is 10.4 Å². The van der Waals surface area contributed by atoms with E-state index in [0.717, 1.165) is 4.47 Å². The topological polar surface area (TPSA) is 37.4 Å². The highest BCUT2D eigenvalue weighted by Gasteiger charge is 2.27. The van der Waals surface area contributed by atoms with Crippen LogP contribution < -0.4 is 0 Å². The van der Waals surface area contributed by atoms with E-state index < -0.39 is 10.0 Å². The number of sulfonamides is 1. The zero-order chi connectivity index (χ0) is 13.2. The molecule has 0 atom stereocenters. The molecule has 3 nitrogen and oxygen atoms in total. The van der Waals surface area contributed by atoms with Crippen LogP contribution in [0.1, 0.15) is 20.8 Å². The molecule has 0 unspecified atom stereocenters. The zero-order valence-electron chi connectivity index (χ0n) is 9.94. The third-order valence-corrected chi connectivity index (χ3v) is 5.50. The Balaban J connectivity index is 3.30. The smallest absolute Gasteiger partial charge is 0.207 e. The van der Waals surface area contributed by atoms with Gasteiger partial charge in [-0.05, 0) is 32.0 Å². The molecule has 0 aliphatic carbocycles. The fraction of sp³-hybridized carbons (Fsp3) is 0.455. The van der Waals surface area contributed by atoms with E-state index in [4.69, 9.17) is 11.6 Å². The summed E-state index contributed by atoms with van der Waals surface area (Å²) >= 11 is 9.24. The monoisotopic (exact) mass is 339 g/mol. The highest BCUT2D eigenvalue weighted by atomic mass is 79.9. The average Bonchev–Trinajstić information content (AvgIpc) is 2.16. The third kappa shape index (κ3) is 3.22. The van der Waals surface area contributed by atoms with Crippen molar-refractivity contribution in [1.82, 2.24) is 4.31 Å². The first kappa shape index (κ1) is 15.0. The van der Waals surface area contributed by atoms with E-state index >= 15 is 0 Å². The number of benzene rings is 1. The molecule has 96 valence electrons. The molecule has 0 heterocycles. The molecule has 1 aromatic rings. The van der Waals surface area contributed by atoms with Gasteiger partial charge in [-0.15, -0.1) is 0 Å². The number of nitrogens with zero attached hydrogens (tertiary/aromatic N) is 1. The average molecular weight is 341 g/mol. The molecule has 0 aromatic heterocycles. The van der Waals surface area contributed by atoms with Crippen molar-refractivity contribution >= 4 is 37.6 Å². The van der Waals surface area contributed by atoms with Crippen molar-refractivity contribution in [1.29, 1.82) is 0 Å². The van der Waals surface area contributed by atoms with E-state index in [0.29, 0.717) is 6.54 Å². The van der Waals surface area contributed by atoms with Gasteiger partial charge in [0.25, 0.3) is 0 Å². The van der Waals surface area contributed by atoms with Crippen LogP contribution in [0.3, 0.4) is 0 Å². The molecule has 0 N–H and O–H groups in total. The van der Waals surface area contributed by atoms with E-state index in [1.807, 2.05) is 20.8 Å². The van der Waals surface area contributed by atoms with Crippen molar-refractivity contribution in [2.75, 3.05) is 6.54 Å². The highest BCUT2D eigenvalue weighted by Crippen LogP contribution is 2.28. The fourth-order valence-electron chi connectivity index (χ4n) is 1.62. The van der Waals surface area contributed by atoms with Crippen LogP contribution in [0.4, 0.5) is 0 Å². The molecule has 0 spiro atoms. The van der Waals surface area contributed by atoms with Crippen molar-refractivity contribution in [3.63, 3.8) is 0 Å². The van der Waals surface area contributed by atoms with Gasteiger partial charge in [-0.2, -0.15) is 4.31 Å². The van der Waals surface area contributed by atoms with Crippen LogP contribution in [-0.4, -0.2) is 25.3 Å². The summed E-state index contributed by atoms with van der Waals surface area (Å²) < 4.78 is 26.9. The van der Waals surface area contributed by atoms with E-state index in [2.05, 4.69) is 15.9 Å². The Morgan fingerprint density at radius 1 is 1.41 bits per heavy atom. The molecule has 0 aliphatic rings. The number of halogens is 2. The molecule has 17 heavy (non-hydrogen) atoms. The van der Waals surface area contributed by atoms with Crippen molar-refractivity contribution in [2.45, 2.75) is 31.7 Å². The third-order valence-electron chi connectivity index (χ3n) is 2.37. The van der Waals surface area contributed by atoms with Gasteiger partial charge in [0.1, 0.15) is 4.90 Å².